The molecule has 0 radical (unpaired) electrons. The van der Waals surface area contributed by atoms with Gasteiger partial charge in [-0.3, -0.25) is 9.59 Å². The van der Waals surface area contributed by atoms with Crippen LogP contribution < -0.4 is 5.32 Å². The van der Waals surface area contributed by atoms with Gasteiger partial charge in [0.25, 0.3) is 0 Å². The van der Waals surface area contributed by atoms with Gasteiger partial charge in [-0.2, -0.15) is 0 Å². The number of nitrogens with zero attached hydrogens (tertiary/aromatic N) is 1. The maximum atomic E-state index is 12.5. The van der Waals surface area contributed by atoms with Gasteiger partial charge in [-0.05, 0) is 25.2 Å². The lowest BCUT2D eigenvalue weighted by atomic mass is 10.1. The van der Waals surface area contributed by atoms with Crippen molar-refractivity contribution in [2.45, 2.75) is 51.1 Å². The van der Waals surface area contributed by atoms with Crippen molar-refractivity contribution in [1.82, 2.24) is 10.2 Å². The topological polar surface area (TPSA) is 49.4 Å². The Hall–Kier alpha value is -1.50. The average molecular weight is 248 g/mol. The van der Waals surface area contributed by atoms with Gasteiger partial charge in [-0.25, -0.2) is 0 Å². The number of hydrogen-bond donors (Lipinski definition) is 1. The van der Waals surface area contributed by atoms with Crippen LogP contribution in [0.25, 0.3) is 0 Å². The fourth-order valence-electron chi connectivity index (χ4n) is 2.54. The molecule has 2 amide bonds. The summed E-state index contributed by atoms with van der Waals surface area (Å²) in [5, 5.41) is 2.86. The lowest BCUT2D eigenvalue weighted by molar-refractivity contribution is -0.136. The molecule has 2 aliphatic rings. The first kappa shape index (κ1) is 12.9. The number of nitrogens with one attached hydrogen (secondary N) is 1. The van der Waals surface area contributed by atoms with E-state index in [4.69, 9.17) is 6.42 Å². The van der Waals surface area contributed by atoms with Gasteiger partial charge < -0.3 is 10.2 Å². The summed E-state index contributed by atoms with van der Waals surface area (Å²) in [6, 6.07) is -0.247. The molecule has 1 aliphatic heterocycles. The van der Waals surface area contributed by atoms with Crippen LogP contribution in [0.2, 0.25) is 0 Å². The maximum absolute atomic E-state index is 12.5. The number of amides is 2. The van der Waals surface area contributed by atoms with E-state index in [2.05, 4.69) is 11.2 Å². The van der Waals surface area contributed by atoms with Crippen LogP contribution in [0.1, 0.15) is 39.0 Å². The van der Waals surface area contributed by atoms with Crippen LogP contribution in [-0.4, -0.2) is 35.3 Å². The Morgan fingerprint density at radius 3 is 2.78 bits per heavy atom. The summed E-state index contributed by atoms with van der Waals surface area (Å²) >= 11 is 0. The molecule has 0 aromatic rings. The second-order valence-corrected chi connectivity index (χ2v) is 5.13. The van der Waals surface area contributed by atoms with E-state index in [1.165, 1.54) is 0 Å². The monoisotopic (exact) mass is 248 g/mol. The van der Waals surface area contributed by atoms with Crippen molar-refractivity contribution in [3.8, 4) is 12.3 Å². The molecule has 1 aliphatic carbocycles. The Morgan fingerprint density at radius 2 is 2.22 bits per heavy atom. The van der Waals surface area contributed by atoms with Crippen molar-refractivity contribution in [2.75, 3.05) is 6.54 Å². The summed E-state index contributed by atoms with van der Waals surface area (Å²) in [6.07, 6.45) is 9.22. The van der Waals surface area contributed by atoms with E-state index in [1.807, 2.05) is 11.8 Å². The van der Waals surface area contributed by atoms with Crippen LogP contribution in [0.3, 0.4) is 0 Å². The third-order valence-electron chi connectivity index (χ3n) is 3.80. The zero-order valence-corrected chi connectivity index (χ0v) is 10.8. The lowest BCUT2D eigenvalue weighted by Crippen LogP contribution is -2.49. The number of rotatable bonds is 4. The molecule has 2 fully saturated rings. The van der Waals surface area contributed by atoms with Crippen LogP contribution in [0.15, 0.2) is 0 Å². The van der Waals surface area contributed by atoms with Crippen molar-refractivity contribution in [2.24, 2.45) is 5.92 Å². The highest BCUT2D eigenvalue weighted by atomic mass is 16.2. The van der Waals surface area contributed by atoms with Crippen molar-refractivity contribution < 1.29 is 9.59 Å². The average Bonchev–Trinajstić information content (AvgIpc) is 3.17. The molecule has 0 spiro atoms. The predicted molar refractivity (Wildman–Crippen MR) is 68.5 cm³/mol. The van der Waals surface area contributed by atoms with Crippen LogP contribution in [0.4, 0.5) is 0 Å². The Morgan fingerprint density at radius 1 is 1.50 bits per heavy atom. The number of hydrogen-bond acceptors (Lipinski definition) is 2. The van der Waals surface area contributed by atoms with E-state index in [-0.39, 0.29) is 23.9 Å². The van der Waals surface area contributed by atoms with Gasteiger partial charge in [0.05, 0.1) is 0 Å². The minimum absolute atomic E-state index is 0.0155. The van der Waals surface area contributed by atoms with Crippen molar-refractivity contribution >= 4 is 11.8 Å². The van der Waals surface area contributed by atoms with Crippen LogP contribution in [0.5, 0.6) is 0 Å². The SMILES string of the molecule is C#CCC(CC)N1CCC(=O)NC(C2CC2)C1=O. The normalized spacial score (nSPS) is 26.2. The Bertz CT molecular complexity index is 382. The van der Waals surface area contributed by atoms with E-state index < -0.39 is 0 Å². The third-order valence-corrected chi connectivity index (χ3v) is 3.80. The second kappa shape index (κ2) is 5.43. The van der Waals surface area contributed by atoms with Crippen LogP contribution >= 0.6 is 0 Å². The molecule has 4 nitrogen and oxygen atoms in total. The van der Waals surface area contributed by atoms with E-state index in [0.29, 0.717) is 25.3 Å². The van der Waals surface area contributed by atoms with Gasteiger partial charge in [-0.1, -0.05) is 6.92 Å². The fourth-order valence-corrected chi connectivity index (χ4v) is 2.54. The van der Waals surface area contributed by atoms with E-state index in [0.717, 1.165) is 19.3 Å². The van der Waals surface area contributed by atoms with Crippen molar-refractivity contribution in [3.63, 3.8) is 0 Å². The van der Waals surface area contributed by atoms with Crippen LogP contribution in [0, 0.1) is 18.3 Å². The molecular formula is C14H20N2O2. The van der Waals surface area contributed by atoms with Crippen molar-refractivity contribution in [1.29, 1.82) is 0 Å². The van der Waals surface area contributed by atoms with Crippen LogP contribution in [-0.2, 0) is 9.59 Å². The Kier molecular flexibility index (Phi) is 3.90. The smallest absolute Gasteiger partial charge is 0.245 e. The van der Waals surface area contributed by atoms with E-state index >= 15 is 0 Å². The summed E-state index contributed by atoms with van der Waals surface area (Å²) < 4.78 is 0. The first-order valence-corrected chi connectivity index (χ1v) is 6.70. The molecule has 1 saturated heterocycles. The number of carbonyl (C=O) groups excluding carboxylic acids is 2. The van der Waals surface area contributed by atoms with Gasteiger partial charge >= 0.3 is 0 Å². The molecule has 18 heavy (non-hydrogen) atoms. The third kappa shape index (κ3) is 2.66. The first-order valence-electron chi connectivity index (χ1n) is 6.70. The fraction of sp³-hybridized carbons (Fsp3) is 0.714. The van der Waals surface area contributed by atoms with Gasteiger partial charge in [0, 0.05) is 25.4 Å². The van der Waals surface area contributed by atoms with Gasteiger partial charge in [0.2, 0.25) is 11.8 Å². The Labute approximate surface area is 108 Å². The molecule has 0 aromatic carbocycles. The molecule has 4 heteroatoms. The molecule has 98 valence electrons. The van der Waals surface area contributed by atoms with Crippen molar-refractivity contribution in [3.05, 3.63) is 0 Å². The zero-order valence-electron chi connectivity index (χ0n) is 10.8. The lowest BCUT2D eigenvalue weighted by Gasteiger charge is -2.30. The molecule has 1 saturated carbocycles. The summed E-state index contributed by atoms with van der Waals surface area (Å²) in [6.45, 7) is 2.52. The first-order chi connectivity index (χ1) is 8.67. The molecule has 2 atom stereocenters. The molecule has 1 heterocycles. The summed E-state index contributed by atoms with van der Waals surface area (Å²) in [5.74, 6) is 3.01. The number of terminal acetylenes is 1. The number of carbonyl (C=O) groups is 2. The van der Waals surface area contributed by atoms with Gasteiger partial charge in [-0.15, -0.1) is 12.3 Å². The summed E-state index contributed by atoms with van der Waals surface area (Å²) in [5.41, 5.74) is 0. The highest BCUT2D eigenvalue weighted by Crippen LogP contribution is 2.34. The molecular weight excluding hydrogens is 228 g/mol. The second-order valence-electron chi connectivity index (χ2n) is 5.13. The zero-order chi connectivity index (χ0) is 13.1. The largest absolute Gasteiger partial charge is 0.344 e. The Balaban J connectivity index is 2.15. The van der Waals surface area contributed by atoms with Gasteiger partial charge in [0.15, 0.2) is 0 Å². The summed E-state index contributed by atoms with van der Waals surface area (Å²) in [4.78, 5) is 26.0. The standard InChI is InChI=1S/C14H20N2O2/c1-3-5-11(4-2)16-9-8-12(17)15-13(14(16)18)10-6-7-10/h1,10-11,13H,4-9H2,2H3,(H,15,17). The minimum Gasteiger partial charge on any atom is -0.344 e. The highest BCUT2D eigenvalue weighted by molar-refractivity contribution is 5.90. The highest BCUT2D eigenvalue weighted by Gasteiger charge is 2.42. The summed E-state index contributed by atoms with van der Waals surface area (Å²) in [7, 11) is 0. The molecule has 2 rings (SSSR count). The quantitative estimate of drug-likeness (QED) is 0.752. The van der Waals surface area contributed by atoms with Gasteiger partial charge in [0.1, 0.15) is 6.04 Å². The molecule has 0 aromatic heterocycles. The molecule has 0 bridgehead atoms. The van der Waals surface area contributed by atoms with E-state index in [1.54, 1.807) is 0 Å². The maximum Gasteiger partial charge on any atom is 0.245 e. The predicted octanol–water partition coefficient (Wildman–Crippen LogP) is 0.915. The molecule has 2 unspecified atom stereocenters. The van der Waals surface area contributed by atoms with E-state index in [9.17, 15) is 9.59 Å². The molecule has 1 N–H and O–H groups in total. The minimum atomic E-state index is -0.313.